The highest BCUT2D eigenvalue weighted by Gasteiger charge is 2.22. The Morgan fingerprint density at radius 3 is 2.43 bits per heavy atom. The maximum atomic E-state index is 12.9. The van der Waals surface area contributed by atoms with Crippen LogP contribution in [0.3, 0.4) is 0 Å². The predicted molar refractivity (Wildman–Crippen MR) is 117 cm³/mol. The Balaban J connectivity index is 1.62. The molecule has 0 bridgehead atoms. The molecular weight excluding hydrogens is 421 g/mol. The van der Waals surface area contributed by atoms with Gasteiger partial charge >= 0.3 is 0 Å². The fourth-order valence-corrected chi connectivity index (χ4v) is 3.39. The summed E-state index contributed by atoms with van der Waals surface area (Å²) >= 11 is 12.3. The minimum Gasteiger partial charge on any atom is -0.350 e. The number of carbonyl (C=O) groups is 1. The van der Waals surface area contributed by atoms with E-state index in [1.165, 1.54) is 0 Å². The third kappa shape index (κ3) is 4.35. The highest BCUT2D eigenvalue weighted by Crippen LogP contribution is 2.28. The molecule has 0 atom stereocenters. The predicted octanol–water partition coefficient (Wildman–Crippen LogP) is 4.61. The van der Waals surface area contributed by atoms with Crippen molar-refractivity contribution in [1.82, 2.24) is 25.3 Å². The molecule has 8 heteroatoms. The highest BCUT2D eigenvalue weighted by atomic mass is 35.5. The van der Waals surface area contributed by atoms with Crippen molar-refractivity contribution in [2.75, 3.05) is 6.54 Å². The molecule has 0 spiro atoms. The molecule has 2 aromatic carbocycles. The van der Waals surface area contributed by atoms with Crippen molar-refractivity contribution in [3.05, 3.63) is 94.4 Å². The maximum absolute atomic E-state index is 12.9. The van der Waals surface area contributed by atoms with Crippen LogP contribution in [0, 0.1) is 0 Å². The largest absolute Gasteiger partial charge is 0.350 e. The molecule has 0 unspecified atom stereocenters. The average Bonchev–Trinajstić information content (AvgIpc) is 3.21. The Morgan fingerprint density at radius 2 is 1.70 bits per heavy atom. The van der Waals surface area contributed by atoms with Crippen molar-refractivity contribution in [3.63, 3.8) is 0 Å². The van der Waals surface area contributed by atoms with Gasteiger partial charge in [-0.3, -0.25) is 9.78 Å². The zero-order valence-corrected chi connectivity index (χ0v) is 17.3. The minimum atomic E-state index is -0.311. The van der Waals surface area contributed by atoms with E-state index in [0.29, 0.717) is 34.4 Å². The lowest BCUT2D eigenvalue weighted by molar-refractivity contribution is 0.0949. The second-order valence-electron chi connectivity index (χ2n) is 6.52. The van der Waals surface area contributed by atoms with Crippen molar-refractivity contribution in [3.8, 4) is 16.9 Å². The summed E-state index contributed by atoms with van der Waals surface area (Å²) in [5.41, 5.74) is 3.25. The summed E-state index contributed by atoms with van der Waals surface area (Å²) in [4.78, 5) is 17.0. The van der Waals surface area contributed by atoms with Gasteiger partial charge in [0.2, 0.25) is 0 Å². The van der Waals surface area contributed by atoms with Gasteiger partial charge < -0.3 is 5.32 Å². The first-order valence-electron chi connectivity index (χ1n) is 9.27. The number of aromatic nitrogens is 4. The van der Waals surface area contributed by atoms with E-state index in [2.05, 4.69) is 20.6 Å². The summed E-state index contributed by atoms with van der Waals surface area (Å²) in [6, 6.07) is 18.4. The van der Waals surface area contributed by atoms with Crippen LogP contribution in [0.1, 0.15) is 16.1 Å². The van der Waals surface area contributed by atoms with Crippen LogP contribution in [0.25, 0.3) is 16.9 Å². The normalized spacial score (nSPS) is 10.7. The molecule has 150 valence electrons. The number of nitrogens with one attached hydrogen (secondary N) is 1. The molecule has 0 aliphatic carbocycles. The number of rotatable bonds is 6. The number of halogens is 2. The van der Waals surface area contributed by atoms with Crippen molar-refractivity contribution in [1.29, 1.82) is 0 Å². The smallest absolute Gasteiger partial charge is 0.274 e. The van der Waals surface area contributed by atoms with Crippen LogP contribution >= 0.6 is 23.2 Å². The Morgan fingerprint density at radius 1 is 0.967 bits per heavy atom. The molecule has 4 rings (SSSR count). The summed E-state index contributed by atoms with van der Waals surface area (Å²) in [7, 11) is 0. The first-order chi connectivity index (χ1) is 14.6. The van der Waals surface area contributed by atoms with E-state index < -0.39 is 0 Å². The number of hydrogen-bond acceptors (Lipinski definition) is 4. The van der Waals surface area contributed by atoms with Crippen molar-refractivity contribution < 1.29 is 4.79 Å². The van der Waals surface area contributed by atoms with Crippen molar-refractivity contribution in [2.24, 2.45) is 0 Å². The van der Waals surface area contributed by atoms with Gasteiger partial charge in [0.25, 0.3) is 5.91 Å². The Labute approximate surface area is 183 Å². The molecule has 0 saturated carbocycles. The van der Waals surface area contributed by atoms with E-state index in [1.807, 2.05) is 42.5 Å². The van der Waals surface area contributed by atoms with Gasteiger partial charge in [0, 0.05) is 29.5 Å². The molecule has 6 nitrogen and oxygen atoms in total. The zero-order valence-electron chi connectivity index (χ0n) is 15.8. The van der Waals surface area contributed by atoms with E-state index in [9.17, 15) is 4.79 Å². The van der Waals surface area contributed by atoms with E-state index >= 15 is 0 Å². The fourth-order valence-electron chi connectivity index (χ4n) is 3.05. The quantitative estimate of drug-likeness (QED) is 0.477. The van der Waals surface area contributed by atoms with Crippen LogP contribution in [-0.2, 0) is 6.42 Å². The minimum absolute atomic E-state index is 0.220. The van der Waals surface area contributed by atoms with E-state index in [4.69, 9.17) is 23.2 Å². The molecule has 2 heterocycles. The number of hydrogen-bond donors (Lipinski definition) is 1. The molecule has 1 amide bonds. The van der Waals surface area contributed by atoms with Crippen LogP contribution in [-0.4, -0.2) is 32.4 Å². The lowest BCUT2D eigenvalue weighted by atomic mass is 10.1. The monoisotopic (exact) mass is 437 g/mol. The highest BCUT2D eigenvalue weighted by molar-refractivity contribution is 6.32. The lowest BCUT2D eigenvalue weighted by Crippen LogP contribution is -2.26. The summed E-state index contributed by atoms with van der Waals surface area (Å²) in [6.45, 7) is 0.454. The molecule has 30 heavy (non-hydrogen) atoms. The van der Waals surface area contributed by atoms with Crippen LogP contribution in [0.5, 0.6) is 0 Å². The first kappa shape index (κ1) is 20.1. The molecule has 0 aliphatic rings. The topological polar surface area (TPSA) is 72.7 Å². The van der Waals surface area contributed by atoms with Gasteiger partial charge in [0.05, 0.1) is 10.7 Å². The van der Waals surface area contributed by atoms with Gasteiger partial charge in [0.1, 0.15) is 5.69 Å². The summed E-state index contributed by atoms with van der Waals surface area (Å²) in [5, 5.41) is 12.5. The Bertz CT molecular complexity index is 1160. The number of benzene rings is 2. The maximum Gasteiger partial charge on any atom is 0.274 e. The van der Waals surface area contributed by atoms with Crippen LogP contribution in [0.2, 0.25) is 10.0 Å². The number of amides is 1. The molecule has 0 aliphatic heterocycles. The molecule has 0 saturated heterocycles. The number of carbonyl (C=O) groups excluding carboxylic acids is 1. The standard InChI is InChI=1S/C22H17Cl2N5O/c23-17-7-5-15(6-8-17)9-14-26-22(30)20-21(16-10-12-25-13-11-16)29(28-27-20)19-4-2-1-3-18(19)24/h1-8,10-13H,9,14H2,(H,26,30). The third-order valence-corrected chi connectivity index (χ3v) is 5.10. The second-order valence-corrected chi connectivity index (χ2v) is 7.36. The molecular formula is C22H17Cl2N5O. The zero-order chi connectivity index (χ0) is 20.9. The Hall–Kier alpha value is -3.22. The van der Waals surface area contributed by atoms with Crippen molar-refractivity contribution >= 4 is 29.1 Å². The fraction of sp³-hybridized carbons (Fsp3) is 0.0909. The molecule has 2 aromatic heterocycles. The summed E-state index contributed by atoms with van der Waals surface area (Å²) in [6.07, 6.45) is 3.98. The van der Waals surface area contributed by atoms with Gasteiger partial charge in [-0.05, 0) is 48.4 Å². The van der Waals surface area contributed by atoms with Gasteiger partial charge in [-0.2, -0.15) is 0 Å². The van der Waals surface area contributed by atoms with E-state index in [1.54, 1.807) is 35.3 Å². The molecule has 0 fully saturated rings. The average molecular weight is 438 g/mol. The first-order valence-corrected chi connectivity index (χ1v) is 10.0. The summed E-state index contributed by atoms with van der Waals surface area (Å²) < 4.78 is 1.58. The SMILES string of the molecule is O=C(NCCc1ccc(Cl)cc1)c1nnn(-c2ccccc2Cl)c1-c1ccncc1. The van der Waals surface area contributed by atoms with Gasteiger partial charge in [-0.25, -0.2) is 4.68 Å². The molecule has 4 aromatic rings. The van der Waals surface area contributed by atoms with Gasteiger partial charge in [-0.1, -0.05) is 52.7 Å². The lowest BCUT2D eigenvalue weighted by Gasteiger charge is -2.10. The van der Waals surface area contributed by atoms with Gasteiger partial charge in [0.15, 0.2) is 5.69 Å². The van der Waals surface area contributed by atoms with E-state index in [-0.39, 0.29) is 11.6 Å². The Kier molecular flexibility index (Phi) is 6.07. The number of nitrogens with zero attached hydrogens (tertiary/aromatic N) is 4. The van der Waals surface area contributed by atoms with E-state index in [0.717, 1.165) is 11.1 Å². The van der Waals surface area contributed by atoms with Crippen LogP contribution in [0.4, 0.5) is 0 Å². The number of pyridine rings is 1. The third-order valence-electron chi connectivity index (χ3n) is 4.53. The molecule has 0 radical (unpaired) electrons. The number of para-hydroxylation sites is 1. The summed E-state index contributed by atoms with van der Waals surface area (Å²) in [5.74, 6) is -0.311. The van der Waals surface area contributed by atoms with Crippen LogP contribution < -0.4 is 5.32 Å². The van der Waals surface area contributed by atoms with Crippen LogP contribution in [0.15, 0.2) is 73.1 Å². The van der Waals surface area contributed by atoms with Gasteiger partial charge in [-0.15, -0.1) is 5.10 Å². The van der Waals surface area contributed by atoms with Crippen molar-refractivity contribution in [2.45, 2.75) is 6.42 Å². The second kappa shape index (κ2) is 9.07. The molecule has 1 N–H and O–H groups in total.